The maximum atomic E-state index is 11.5. The van der Waals surface area contributed by atoms with E-state index in [0.717, 1.165) is 0 Å². The predicted octanol–water partition coefficient (Wildman–Crippen LogP) is 1.19. The first kappa shape index (κ1) is 14.4. The largest absolute Gasteiger partial charge is 0.463 e. The minimum Gasteiger partial charge on any atom is -0.463 e. The van der Waals surface area contributed by atoms with Gasteiger partial charge in [0.2, 0.25) is 0 Å². The zero-order valence-electron chi connectivity index (χ0n) is 10.2. The van der Waals surface area contributed by atoms with Crippen molar-refractivity contribution in [3.8, 4) is 0 Å². The van der Waals surface area contributed by atoms with Crippen LogP contribution in [0.3, 0.4) is 0 Å². The molecule has 0 rings (SSSR count). The molecular weight excluding hydrogens is 194 g/mol. The lowest BCUT2D eigenvalue weighted by atomic mass is 9.96. The second kappa shape index (κ2) is 7.65. The van der Waals surface area contributed by atoms with E-state index in [9.17, 15) is 4.79 Å². The molecule has 4 heteroatoms. The highest BCUT2D eigenvalue weighted by Crippen LogP contribution is 2.10. The smallest absolute Gasteiger partial charge is 0.310 e. The fourth-order valence-corrected chi connectivity index (χ4v) is 1.17. The summed E-state index contributed by atoms with van der Waals surface area (Å²) in [5, 5.41) is 0. The van der Waals surface area contributed by atoms with Crippen molar-refractivity contribution in [1.82, 2.24) is 0 Å². The van der Waals surface area contributed by atoms with Crippen molar-refractivity contribution >= 4 is 5.97 Å². The molecule has 90 valence electrons. The van der Waals surface area contributed by atoms with Crippen molar-refractivity contribution in [3.63, 3.8) is 0 Å². The van der Waals surface area contributed by atoms with Gasteiger partial charge in [0.05, 0.1) is 18.6 Å². The Morgan fingerprint density at radius 1 is 1.20 bits per heavy atom. The van der Waals surface area contributed by atoms with E-state index in [1.54, 1.807) is 0 Å². The number of rotatable bonds is 7. The molecule has 0 amide bonds. The van der Waals surface area contributed by atoms with Crippen molar-refractivity contribution in [2.75, 3.05) is 19.8 Å². The third kappa shape index (κ3) is 6.47. The molecule has 0 fully saturated rings. The number of nitrogens with two attached hydrogens (primary N) is 1. The van der Waals surface area contributed by atoms with Crippen LogP contribution < -0.4 is 5.73 Å². The van der Waals surface area contributed by atoms with E-state index in [1.807, 2.05) is 27.7 Å². The fourth-order valence-electron chi connectivity index (χ4n) is 1.17. The first-order valence-electron chi connectivity index (χ1n) is 5.47. The molecule has 0 aromatic heterocycles. The van der Waals surface area contributed by atoms with Crippen molar-refractivity contribution in [2.24, 2.45) is 17.6 Å². The molecule has 4 nitrogen and oxygen atoms in total. The molecule has 2 N–H and O–H groups in total. The molecular formula is C11H23NO3. The van der Waals surface area contributed by atoms with Crippen LogP contribution in [0.1, 0.15) is 27.7 Å². The van der Waals surface area contributed by atoms with Crippen LogP contribution in [-0.2, 0) is 14.3 Å². The van der Waals surface area contributed by atoms with E-state index in [1.165, 1.54) is 0 Å². The van der Waals surface area contributed by atoms with E-state index in [4.69, 9.17) is 15.2 Å². The summed E-state index contributed by atoms with van der Waals surface area (Å²) < 4.78 is 10.3. The summed E-state index contributed by atoms with van der Waals surface area (Å²) in [7, 11) is 0. The first-order chi connectivity index (χ1) is 6.99. The summed E-state index contributed by atoms with van der Waals surface area (Å²) in [6.45, 7) is 8.89. The molecule has 0 bridgehead atoms. The molecule has 1 unspecified atom stereocenters. The van der Waals surface area contributed by atoms with Gasteiger partial charge in [-0.05, 0) is 19.8 Å². The molecule has 0 aliphatic carbocycles. The van der Waals surface area contributed by atoms with Gasteiger partial charge >= 0.3 is 5.97 Å². The molecule has 0 saturated carbocycles. The van der Waals surface area contributed by atoms with E-state index in [2.05, 4.69) is 0 Å². The number of hydrogen-bond donors (Lipinski definition) is 1. The Morgan fingerprint density at radius 3 is 2.20 bits per heavy atom. The molecule has 0 saturated heterocycles. The van der Waals surface area contributed by atoms with Crippen LogP contribution in [0.5, 0.6) is 0 Å². The highest BCUT2D eigenvalue weighted by molar-refractivity contribution is 5.72. The first-order valence-corrected chi connectivity index (χ1v) is 5.47. The van der Waals surface area contributed by atoms with Crippen LogP contribution >= 0.6 is 0 Å². The van der Waals surface area contributed by atoms with E-state index >= 15 is 0 Å². The van der Waals surface area contributed by atoms with Gasteiger partial charge in [0.1, 0.15) is 6.61 Å². The van der Waals surface area contributed by atoms with Crippen molar-refractivity contribution in [2.45, 2.75) is 33.8 Å². The topological polar surface area (TPSA) is 61.5 Å². The lowest BCUT2D eigenvalue weighted by molar-refractivity contribution is -0.151. The lowest BCUT2D eigenvalue weighted by Crippen LogP contribution is -2.30. The molecule has 0 radical (unpaired) electrons. The number of ether oxygens (including phenoxy) is 2. The number of carbonyl (C=O) groups excluding carboxylic acids is 1. The zero-order chi connectivity index (χ0) is 11.8. The average molecular weight is 217 g/mol. The molecule has 0 aromatic rings. The summed E-state index contributed by atoms with van der Waals surface area (Å²) >= 11 is 0. The Bertz CT molecular complexity index is 181. The Labute approximate surface area is 92.1 Å². The zero-order valence-corrected chi connectivity index (χ0v) is 10.2. The highest BCUT2D eigenvalue weighted by atomic mass is 16.6. The third-order valence-electron chi connectivity index (χ3n) is 2.14. The maximum absolute atomic E-state index is 11.5. The fraction of sp³-hybridized carbons (Fsp3) is 0.909. The minimum absolute atomic E-state index is 0.166. The van der Waals surface area contributed by atoms with E-state index < -0.39 is 0 Å². The molecule has 15 heavy (non-hydrogen) atoms. The Kier molecular flexibility index (Phi) is 7.34. The lowest BCUT2D eigenvalue weighted by Gasteiger charge is -2.17. The van der Waals surface area contributed by atoms with Gasteiger partial charge < -0.3 is 15.2 Å². The van der Waals surface area contributed by atoms with Gasteiger partial charge in [-0.2, -0.15) is 0 Å². The normalized spacial score (nSPS) is 13.3. The minimum atomic E-state index is -0.222. The summed E-state index contributed by atoms with van der Waals surface area (Å²) in [6, 6.07) is 0. The highest BCUT2D eigenvalue weighted by Gasteiger charge is 2.21. The van der Waals surface area contributed by atoms with Gasteiger partial charge in [0, 0.05) is 6.54 Å². The van der Waals surface area contributed by atoms with Crippen LogP contribution in [0.25, 0.3) is 0 Å². The van der Waals surface area contributed by atoms with Crippen LogP contribution in [0.4, 0.5) is 0 Å². The van der Waals surface area contributed by atoms with Gasteiger partial charge in [0.15, 0.2) is 0 Å². The van der Waals surface area contributed by atoms with Gasteiger partial charge in [0.25, 0.3) is 0 Å². The van der Waals surface area contributed by atoms with Crippen LogP contribution in [0, 0.1) is 11.8 Å². The summed E-state index contributed by atoms with van der Waals surface area (Å²) in [5.41, 5.74) is 5.49. The van der Waals surface area contributed by atoms with Crippen molar-refractivity contribution in [3.05, 3.63) is 0 Å². The van der Waals surface area contributed by atoms with E-state index in [-0.39, 0.29) is 23.9 Å². The number of hydrogen-bond acceptors (Lipinski definition) is 4. The quantitative estimate of drug-likeness (QED) is 0.514. The maximum Gasteiger partial charge on any atom is 0.310 e. The summed E-state index contributed by atoms with van der Waals surface area (Å²) in [6.07, 6.45) is 0.166. The monoisotopic (exact) mass is 217 g/mol. The standard InChI is InChI=1S/C11H23NO3/c1-8(2)10(7-12)11(13)15-6-5-14-9(3)4/h8-10H,5-7,12H2,1-4H3. The SMILES string of the molecule is CC(C)OCCOC(=O)C(CN)C(C)C. The molecule has 1 atom stereocenters. The van der Waals surface area contributed by atoms with Crippen LogP contribution in [-0.4, -0.2) is 31.8 Å². The second-order valence-electron chi connectivity index (χ2n) is 4.17. The Balaban J connectivity index is 3.72. The molecule has 0 aliphatic heterocycles. The third-order valence-corrected chi connectivity index (χ3v) is 2.14. The summed E-state index contributed by atoms with van der Waals surface area (Å²) in [4.78, 5) is 11.5. The molecule has 0 heterocycles. The van der Waals surface area contributed by atoms with Gasteiger partial charge in [-0.3, -0.25) is 4.79 Å². The second-order valence-corrected chi connectivity index (χ2v) is 4.17. The Morgan fingerprint density at radius 2 is 1.80 bits per heavy atom. The van der Waals surface area contributed by atoms with Crippen molar-refractivity contribution in [1.29, 1.82) is 0 Å². The number of esters is 1. The van der Waals surface area contributed by atoms with Crippen LogP contribution in [0.15, 0.2) is 0 Å². The van der Waals surface area contributed by atoms with Crippen LogP contribution in [0.2, 0.25) is 0 Å². The molecule has 0 aliphatic rings. The summed E-state index contributed by atoms with van der Waals surface area (Å²) in [5.74, 6) is -0.211. The molecule has 0 spiro atoms. The van der Waals surface area contributed by atoms with E-state index in [0.29, 0.717) is 19.8 Å². The Hall–Kier alpha value is -0.610. The van der Waals surface area contributed by atoms with Gasteiger partial charge in [-0.15, -0.1) is 0 Å². The average Bonchev–Trinajstić information content (AvgIpc) is 2.12. The van der Waals surface area contributed by atoms with Gasteiger partial charge in [-0.25, -0.2) is 0 Å². The number of carbonyl (C=O) groups is 1. The predicted molar refractivity (Wildman–Crippen MR) is 59.4 cm³/mol. The van der Waals surface area contributed by atoms with Crippen molar-refractivity contribution < 1.29 is 14.3 Å². The molecule has 0 aromatic carbocycles. The van der Waals surface area contributed by atoms with Gasteiger partial charge in [-0.1, -0.05) is 13.8 Å².